The number of carboxylic acid groups (broad SMARTS) is 1. The van der Waals surface area contributed by atoms with Crippen molar-refractivity contribution in [3.05, 3.63) is 22.3 Å². The number of nitro groups is 1. The summed E-state index contributed by atoms with van der Waals surface area (Å²) >= 11 is 0. The van der Waals surface area contributed by atoms with Crippen molar-refractivity contribution in [2.45, 2.75) is 200 Å². The number of hydrogen-bond donors (Lipinski definition) is 4. The number of hydrogen-bond acceptors (Lipinski definition) is 13. The number of aldehydes is 1. The average Bonchev–Trinajstić information content (AvgIpc) is 3.29. The number of allylic oxidation sites excluding steroid dienone is 1. The molecule has 0 saturated carbocycles. The molecule has 0 bridgehead atoms. The molecule has 0 amide bonds. The SMILES string of the molecule is CCC(C)CC(CN)CC(=O)O.CCC(C)CC=O.CCC(C)CCO.CCOC(=O)/C=C/CC(C)CC.CCOC(=O)CC(CC(C)CC)C[N+](=O)[O-].CCOC(=O)CC(CN)CC(C)CC. The van der Waals surface area contributed by atoms with E-state index in [-0.39, 0.29) is 60.0 Å². The Bertz CT molecular complexity index is 1210. The van der Waals surface area contributed by atoms with Crippen molar-refractivity contribution in [3.63, 3.8) is 0 Å². The van der Waals surface area contributed by atoms with Crippen molar-refractivity contribution >= 4 is 30.2 Å². The summed E-state index contributed by atoms with van der Waals surface area (Å²) in [6.07, 6.45) is 17.1. The van der Waals surface area contributed by atoms with Gasteiger partial charge in [0, 0.05) is 42.8 Å². The smallest absolute Gasteiger partial charge is 0.330 e. The quantitative estimate of drug-likeness (QED) is 0.0122. The topological polar surface area (TPSA) is 249 Å². The predicted octanol–water partition coefficient (Wildman–Crippen LogP) is 11.3. The first-order valence-corrected chi connectivity index (χ1v) is 26.0. The number of carboxylic acids is 1. The minimum absolute atomic E-state index is 0.119. The highest BCUT2D eigenvalue weighted by Gasteiger charge is 2.22. The van der Waals surface area contributed by atoms with E-state index in [1.807, 2.05) is 26.8 Å². The van der Waals surface area contributed by atoms with Crippen molar-refractivity contribution in [2.75, 3.05) is 46.1 Å². The lowest BCUT2D eigenvalue weighted by molar-refractivity contribution is -0.488. The van der Waals surface area contributed by atoms with Crippen LogP contribution in [-0.2, 0) is 38.2 Å². The number of esters is 3. The fourth-order valence-corrected chi connectivity index (χ4v) is 5.83. The van der Waals surface area contributed by atoms with Crippen molar-refractivity contribution in [1.82, 2.24) is 0 Å². The number of nitrogens with zero attached hydrogens (tertiary/aromatic N) is 1. The van der Waals surface area contributed by atoms with Crippen LogP contribution in [-0.4, -0.2) is 91.4 Å². The number of aliphatic carboxylic acids is 1. The minimum Gasteiger partial charge on any atom is -0.481 e. The molecule has 0 radical (unpaired) electrons. The van der Waals surface area contributed by atoms with E-state index in [9.17, 15) is 34.1 Å². The molecule has 0 rings (SSSR count). The minimum atomic E-state index is -0.742. The fourth-order valence-electron chi connectivity index (χ4n) is 5.83. The van der Waals surface area contributed by atoms with E-state index in [0.29, 0.717) is 87.9 Å². The summed E-state index contributed by atoms with van der Waals surface area (Å²) in [5, 5.41) is 27.4. The van der Waals surface area contributed by atoms with Gasteiger partial charge in [0.1, 0.15) is 6.29 Å². The van der Waals surface area contributed by atoms with Gasteiger partial charge < -0.3 is 40.7 Å². The van der Waals surface area contributed by atoms with Crippen LogP contribution >= 0.6 is 0 Å². The van der Waals surface area contributed by atoms with E-state index >= 15 is 0 Å². The van der Waals surface area contributed by atoms with Crippen LogP contribution in [0, 0.1) is 63.4 Å². The zero-order valence-electron chi connectivity index (χ0n) is 46.1. The standard InChI is InChI=1S/C11H21NO4.C11H23NO2.C10H18O2.C9H19NO2.C6H14O.C6H12O/c1-4-9(3)6-10(8-12(14)15)7-11(13)16-5-2;1-4-9(3)6-10(8-12)7-11(13)14-5-2;1-4-9(3)7-6-8-10(11)12-5-2;1-3-7(2)4-8(6-10)5-9(11)12;2*1-3-6(2)4-5-7/h9-10H,4-8H2,1-3H3;9-10H,4-8,12H2,1-3H3;6,8-9H,4-5,7H2,1-3H3;7-8H,3-6,10H2,1-2H3,(H,11,12);6-7H,3-5H2,1-2H3;5-6H,3-4H2,1-2H3/b;;8-6+;;;. The molecular formula is C53H107N3O12. The second-order valence-corrected chi connectivity index (χ2v) is 18.3. The van der Waals surface area contributed by atoms with Gasteiger partial charge in [0.05, 0.1) is 26.2 Å². The first kappa shape index (κ1) is 76.1. The molecule has 0 heterocycles. The second kappa shape index (κ2) is 56.2. The van der Waals surface area contributed by atoms with Crippen molar-refractivity contribution in [1.29, 1.82) is 0 Å². The molecule has 9 unspecified atom stereocenters. The largest absolute Gasteiger partial charge is 0.481 e. The molecule has 406 valence electrons. The maximum Gasteiger partial charge on any atom is 0.330 e. The van der Waals surface area contributed by atoms with E-state index < -0.39 is 5.97 Å². The Kier molecular flexibility index (Phi) is 62.8. The lowest BCUT2D eigenvalue weighted by Crippen LogP contribution is -2.21. The number of carbonyl (C=O) groups excluding carboxylic acids is 4. The monoisotopic (exact) mass is 978 g/mol. The van der Waals surface area contributed by atoms with Crippen LogP contribution in [0.25, 0.3) is 0 Å². The van der Waals surface area contributed by atoms with Gasteiger partial charge >= 0.3 is 23.9 Å². The van der Waals surface area contributed by atoms with Crippen LogP contribution in [0.3, 0.4) is 0 Å². The fraction of sp³-hybridized carbons (Fsp3) is 0.868. The number of nitrogens with two attached hydrogens (primary N) is 2. The van der Waals surface area contributed by atoms with Crippen LogP contribution in [0.5, 0.6) is 0 Å². The number of carbonyl (C=O) groups is 5. The van der Waals surface area contributed by atoms with Crippen LogP contribution in [0.15, 0.2) is 12.2 Å². The normalized spacial score (nSPS) is 14.3. The molecule has 0 aromatic carbocycles. The molecule has 0 aromatic rings. The maximum atomic E-state index is 11.3. The van der Waals surface area contributed by atoms with E-state index in [0.717, 1.165) is 70.5 Å². The molecule has 68 heavy (non-hydrogen) atoms. The third-order valence-corrected chi connectivity index (χ3v) is 11.6. The van der Waals surface area contributed by atoms with E-state index in [2.05, 4.69) is 69.2 Å². The molecular weight excluding hydrogens is 871 g/mol. The number of rotatable bonds is 32. The summed E-state index contributed by atoms with van der Waals surface area (Å²) in [4.78, 5) is 63.5. The van der Waals surface area contributed by atoms with Gasteiger partial charge in [-0.05, 0) is 113 Å². The van der Waals surface area contributed by atoms with Gasteiger partial charge in [0.2, 0.25) is 6.54 Å². The molecule has 15 heteroatoms. The third-order valence-electron chi connectivity index (χ3n) is 11.6. The van der Waals surface area contributed by atoms with Gasteiger partial charge in [0.15, 0.2) is 0 Å². The van der Waals surface area contributed by atoms with E-state index in [4.69, 9.17) is 35.9 Å². The second-order valence-electron chi connectivity index (χ2n) is 18.3. The summed E-state index contributed by atoms with van der Waals surface area (Å²) in [5.74, 6) is 2.34. The van der Waals surface area contributed by atoms with Crippen molar-refractivity contribution < 1.29 is 53.3 Å². The van der Waals surface area contributed by atoms with Gasteiger partial charge in [-0.2, -0.15) is 0 Å². The third kappa shape index (κ3) is 62.6. The molecule has 0 aliphatic rings. The Morgan fingerprint density at radius 2 is 0.941 bits per heavy atom. The zero-order valence-corrected chi connectivity index (χ0v) is 46.1. The summed E-state index contributed by atoms with van der Waals surface area (Å²) in [6, 6.07) is 0. The molecule has 0 aliphatic heterocycles. The Morgan fingerprint density at radius 3 is 1.24 bits per heavy atom. The molecule has 0 aliphatic carbocycles. The first-order chi connectivity index (χ1) is 32.0. The Hall–Kier alpha value is -3.43. The summed E-state index contributed by atoms with van der Waals surface area (Å²) < 4.78 is 14.4. The van der Waals surface area contributed by atoms with E-state index in [1.54, 1.807) is 13.8 Å². The lowest BCUT2D eigenvalue weighted by atomic mass is 9.91. The lowest BCUT2D eigenvalue weighted by Gasteiger charge is -2.17. The Morgan fingerprint density at radius 1 is 0.574 bits per heavy atom. The van der Waals surface area contributed by atoms with Gasteiger partial charge in [-0.3, -0.25) is 24.5 Å². The molecule has 0 spiro atoms. The number of ether oxygens (including phenoxy) is 3. The summed E-state index contributed by atoms with van der Waals surface area (Å²) in [7, 11) is 0. The van der Waals surface area contributed by atoms with Gasteiger partial charge in [-0.15, -0.1) is 0 Å². The van der Waals surface area contributed by atoms with Crippen LogP contribution < -0.4 is 11.5 Å². The zero-order chi connectivity index (χ0) is 53.9. The highest BCUT2D eigenvalue weighted by molar-refractivity contribution is 5.81. The summed E-state index contributed by atoms with van der Waals surface area (Å²) in [6.45, 7) is 33.3. The first-order valence-electron chi connectivity index (χ1n) is 26.0. The Labute approximate surface area is 415 Å². The van der Waals surface area contributed by atoms with Crippen LogP contribution in [0.1, 0.15) is 200 Å². The molecule has 0 fully saturated rings. The molecule has 0 aromatic heterocycles. The Balaban J connectivity index is -0.000000173. The van der Waals surface area contributed by atoms with Crippen LogP contribution in [0.4, 0.5) is 0 Å². The molecule has 15 nitrogen and oxygen atoms in total. The highest BCUT2D eigenvalue weighted by atomic mass is 16.6. The average molecular weight is 978 g/mol. The number of aliphatic hydroxyl groups excluding tert-OH is 1. The van der Waals surface area contributed by atoms with Gasteiger partial charge in [-0.1, -0.05) is 128 Å². The molecule has 6 N–H and O–H groups in total. The van der Waals surface area contributed by atoms with Gasteiger partial charge in [0.25, 0.3) is 0 Å². The predicted molar refractivity (Wildman–Crippen MR) is 279 cm³/mol. The van der Waals surface area contributed by atoms with Gasteiger partial charge in [-0.25, -0.2) is 4.79 Å². The summed E-state index contributed by atoms with van der Waals surface area (Å²) in [5.41, 5.74) is 11.1. The number of aliphatic hydroxyl groups is 1. The van der Waals surface area contributed by atoms with Crippen LogP contribution in [0.2, 0.25) is 0 Å². The highest BCUT2D eigenvalue weighted by Crippen LogP contribution is 2.20. The molecule has 9 atom stereocenters. The van der Waals surface area contributed by atoms with Crippen molar-refractivity contribution in [3.8, 4) is 0 Å². The molecule has 0 saturated heterocycles. The van der Waals surface area contributed by atoms with E-state index in [1.165, 1.54) is 12.5 Å². The van der Waals surface area contributed by atoms with Crippen molar-refractivity contribution in [2.24, 2.45) is 64.7 Å². The maximum absolute atomic E-state index is 11.3.